The smallest absolute Gasteiger partial charge is 0.242 e. The normalized spacial score (nSPS) is 18.1. The number of carbonyl (C=O) groups excluding carboxylic acids is 1. The summed E-state index contributed by atoms with van der Waals surface area (Å²) in [6.07, 6.45) is 1.69. The number of piperazine rings is 1. The monoisotopic (exact) mass is 326 g/mol. The third-order valence-electron chi connectivity index (χ3n) is 3.37. The van der Waals surface area contributed by atoms with Crippen molar-refractivity contribution in [1.29, 1.82) is 0 Å². The molecule has 1 atom stereocenters. The molecule has 1 unspecified atom stereocenters. The number of halogens is 1. The first-order chi connectivity index (χ1) is 9.08. The van der Waals surface area contributed by atoms with Gasteiger partial charge in [-0.1, -0.05) is 0 Å². The van der Waals surface area contributed by atoms with E-state index in [9.17, 15) is 4.79 Å². The lowest BCUT2D eigenvalue weighted by molar-refractivity contribution is -0.121. The molecule has 2 rings (SSSR count). The Morgan fingerprint density at radius 3 is 2.84 bits per heavy atom. The number of aromatic nitrogens is 1. The molecule has 1 fully saturated rings. The second-order valence-electron chi connectivity index (χ2n) is 4.77. The fourth-order valence-electron chi connectivity index (χ4n) is 2.13. The summed E-state index contributed by atoms with van der Waals surface area (Å²) in [7, 11) is 0. The summed E-state index contributed by atoms with van der Waals surface area (Å²) in [6, 6.07) is 1.81. The molecule has 104 valence electrons. The number of nitrogens with one attached hydrogen (secondary N) is 2. The van der Waals surface area contributed by atoms with Gasteiger partial charge < -0.3 is 10.6 Å². The van der Waals surface area contributed by atoms with Gasteiger partial charge in [0.25, 0.3) is 0 Å². The maximum absolute atomic E-state index is 12.2. The molecule has 0 bridgehead atoms. The second-order valence-corrected chi connectivity index (χ2v) is 5.69. The average molecular weight is 327 g/mol. The van der Waals surface area contributed by atoms with E-state index in [-0.39, 0.29) is 11.9 Å². The molecule has 5 nitrogen and oxygen atoms in total. The van der Waals surface area contributed by atoms with Crippen molar-refractivity contribution in [3.05, 3.63) is 22.3 Å². The molecule has 1 aliphatic rings. The standard InChI is InChI=1S/C13H19BrN4O/c1-9-7-11(14)8-16-12(9)17-13(19)10(2)18-5-3-15-4-6-18/h7-8,10,15H,3-6H2,1-2H3,(H,16,17,19). The topological polar surface area (TPSA) is 57.3 Å². The van der Waals surface area contributed by atoms with Crippen LogP contribution in [-0.2, 0) is 4.79 Å². The molecule has 0 radical (unpaired) electrons. The first kappa shape index (κ1) is 14.4. The summed E-state index contributed by atoms with van der Waals surface area (Å²) < 4.78 is 0.915. The van der Waals surface area contributed by atoms with Crippen LogP contribution in [0.2, 0.25) is 0 Å². The van der Waals surface area contributed by atoms with Gasteiger partial charge in [0.2, 0.25) is 5.91 Å². The van der Waals surface area contributed by atoms with Crippen LogP contribution in [0.5, 0.6) is 0 Å². The molecule has 1 amide bonds. The highest BCUT2D eigenvalue weighted by molar-refractivity contribution is 9.10. The summed E-state index contributed by atoms with van der Waals surface area (Å²) in [5.74, 6) is 0.634. The van der Waals surface area contributed by atoms with E-state index in [0.717, 1.165) is 36.2 Å². The average Bonchev–Trinajstić information content (AvgIpc) is 2.42. The maximum atomic E-state index is 12.2. The zero-order valence-electron chi connectivity index (χ0n) is 11.2. The highest BCUT2D eigenvalue weighted by Gasteiger charge is 2.23. The Balaban J connectivity index is 1.99. The van der Waals surface area contributed by atoms with Crippen molar-refractivity contribution < 1.29 is 4.79 Å². The maximum Gasteiger partial charge on any atom is 0.242 e. The highest BCUT2D eigenvalue weighted by Crippen LogP contribution is 2.17. The minimum atomic E-state index is -0.132. The van der Waals surface area contributed by atoms with Gasteiger partial charge in [0.15, 0.2) is 0 Å². The molecule has 1 saturated heterocycles. The van der Waals surface area contributed by atoms with Crippen LogP contribution in [0.4, 0.5) is 5.82 Å². The fourth-order valence-corrected chi connectivity index (χ4v) is 2.57. The Morgan fingerprint density at radius 1 is 1.53 bits per heavy atom. The Labute approximate surface area is 121 Å². The lowest BCUT2D eigenvalue weighted by atomic mass is 10.2. The van der Waals surface area contributed by atoms with Crippen LogP contribution >= 0.6 is 15.9 Å². The number of hydrogen-bond acceptors (Lipinski definition) is 4. The van der Waals surface area contributed by atoms with Crippen molar-refractivity contribution in [2.75, 3.05) is 31.5 Å². The molecule has 0 saturated carbocycles. The fraction of sp³-hybridized carbons (Fsp3) is 0.538. The third kappa shape index (κ3) is 3.75. The summed E-state index contributed by atoms with van der Waals surface area (Å²) in [6.45, 7) is 7.56. The number of anilines is 1. The summed E-state index contributed by atoms with van der Waals surface area (Å²) in [5.41, 5.74) is 0.954. The van der Waals surface area contributed by atoms with Gasteiger partial charge in [0.1, 0.15) is 5.82 Å². The van der Waals surface area contributed by atoms with E-state index in [1.165, 1.54) is 0 Å². The molecule has 6 heteroatoms. The molecule has 0 aliphatic carbocycles. The quantitative estimate of drug-likeness (QED) is 0.881. The number of nitrogens with zero attached hydrogens (tertiary/aromatic N) is 2. The van der Waals surface area contributed by atoms with Crippen LogP contribution in [-0.4, -0.2) is 48.0 Å². The van der Waals surface area contributed by atoms with Gasteiger partial charge >= 0.3 is 0 Å². The Kier molecular flexibility index (Phi) is 4.90. The van der Waals surface area contributed by atoms with Crippen LogP contribution in [0.15, 0.2) is 16.7 Å². The van der Waals surface area contributed by atoms with E-state index in [2.05, 4.69) is 36.4 Å². The van der Waals surface area contributed by atoms with Gasteiger partial charge in [-0.05, 0) is 41.4 Å². The van der Waals surface area contributed by atoms with Crippen molar-refractivity contribution in [1.82, 2.24) is 15.2 Å². The van der Waals surface area contributed by atoms with E-state index in [1.807, 2.05) is 19.9 Å². The molecule has 2 N–H and O–H groups in total. The van der Waals surface area contributed by atoms with Crippen molar-refractivity contribution in [2.24, 2.45) is 0 Å². The first-order valence-corrected chi connectivity index (χ1v) is 7.25. The molecule has 2 heterocycles. The number of hydrogen-bond donors (Lipinski definition) is 2. The Bertz CT molecular complexity index is 460. The van der Waals surface area contributed by atoms with Crippen LogP contribution in [0.1, 0.15) is 12.5 Å². The minimum absolute atomic E-state index is 0.000164. The van der Waals surface area contributed by atoms with Gasteiger partial charge in [-0.15, -0.1) is 0 Å². The zero-order chi connectivity index (χ0) is 13.8. The lowest BCUT2D eigenvalue weighted by Gasteiger charge is -2.31. The van der Waals surface area contributed by atoms with Gasteiger partial charge in [0, 0.05) is 36.8 Å². The number of pyridine rings is 1. The van der Waals surface area contributed by atoms with Gasteiger partial charge in [-0.25, -0.2) is 4.98 Å². The van der Waals surface area contributed by atoms with Crippen LogP contribution in [0, 0.1) is 6.92 Å². The first-order valence-electron chi connectivity index (χ1n) is 6.45. The molecule has 1 aromatic heterocycles. The Morgan fingerprint density at radius 2 is 2.21 bits per heavy atom. The van der Waals surface area contributed by atoms with Crippen LogP contribution in [0.3, 0.4) is 0 Å². The second kappa shape index (κ2) is 6.45. The molecule has 1 aliphatic heterocycles. The molecule has 0 spiro atoms. The van der Waals surface area contributed by atoms with Gasteiger partial charge in [0.05, 0.1) is 6.04 Å². The van der Waals surface area contributed by atoms with Crippen molar-refractivity contribution in [3.63, 3.8) is 0 Å². The predicted octanol–water partition coefficient (Wildman–Crippen LogP) is 1.38. The SMILES string of the molecule is Cc1cc(Br)cnc1NC(=O)C(C)N1CCNCC1. The van der Waals surface area contributed by atoms with Gasteiger partial charge in [-0.2, -0.15) is 0 Å². The number of carbonyl (C=O) groups is 1. The van der Waals surface area contributed by atoms with Crippen LogP contribution < -0.4 is 10.6 Å². The summed E-state index contributed by atoms with van der Waals surface area (Å²) in [5, 5.41) is 6.18. The molecular formula is C13H19BrN4O. The Hall–Kier alpha value is -0.980. The number of aryl methyl sites for hydroxylation is 1. The summed E-state index contributed by atoms with van der Waals surface area (Å²) >= 11 is 3.36. The third-order valence-corrected chi connectivity index (χ3v) is 3.80. The molecule has 19 heavy (non-hydrogen) atoms. The summed E-state index contributed by atoms with van der Waals surface area (Å²) in [4.78, 5) is 18.6. The predicted molar refractivity (Wildman–Crippen MR) is 79.2 cm³/mol. The van der Waals surface area contributed by atoms with E-state index >= 15 is 0 Å². The van der Waals surface area contributed by atoms with Crippen molar-refractivity contribution >= 4 is 27.7 Å². The molecular weight excluding hydrogens is 308 g/mol. The molecule has 1 aromatic rings. The highest BCUT2D eigenvalue weighted by atomic mass is 79.9. The number of rotatable bonds is 3. The van der Waals surface area contributed by atoms with Gasteiger partial charge in [-0.3, -0.25) is 9.69 Å². The number of amides is 1. The largest absolute Gasteiger partial charge is 0.314 e. The van der Waals surface area contributed by atoms with E-state index in [1.54, 1.807) is 6.20 Å². The van der Waals surface area contributed by atoms with E-state index < -0.39 is 0 Å². The minimum Gasteiger partial charge on any atom is -0.314 e. The van der Waals surface area contributed by atoms with Crippen LogP contribution in [0.25, 0.3) is 0 Å². The zero-order valence-corrected chi connectivity index (χ0v) is 12.8. The van der Waals surface area contributed by atoms with E-state index in [4.69, 9.17) is 0 Å². The van der Waals surface area contributed by atoms with E-state index in [0.29, 0.717) is 5.82 Å². The molecule has 0 aromatic carbocycles. The van der Waals surface area contributed by atoms with Crippen molar-refractivity contribution in [3.8, 4) is 0 Å². The van der Waals surface area contributed by atoms with Crippen molar-refractivity contribution in [2.45, 2.75) is 19.9 Å². The lowest BCUT2D eigenvalue weighted by Crippen LogP contribution is -2.51.